The van der Waals surface area contributed by atoms with Crippen molar-refractivity contribution in [1.82, 2.24) is 5.32 Å². The molecule has 1 aliphatic rings. The molecule has 1 fully saturated rings. The number of esters is 1. The van der Waals surface area contributed by atoms with E-state index in [1.165, 1.54) is 12.7 Å². The van der Waals surface area contributed by atoms with Gasteiger partial charge < -0.3 is 15.2 Å². The molecule has 0 saturated heterocycles. The molecule has 0 spiro atoms. The van der Waals surface area contributed by atoms with Crippen LogP contribution in [0.15, 0.2) is 24.3 Å². The maximum absolute atomic E-state index is 12.0. The Morgan fingerprint density at radius 1 is 1.20 bits per heavy atom. The maximum atomic E-state index is 12.0. The molecule has 1 aromatic carbocycles. The van der Waals surface area contributed by atoms with Crippen molar-refractivity contribution in [2.24, 2.45) is 5.92 Å². The van der Waals surface area contributed by atoms with E-state index >= 15 is 0 Å². The fourth-order valence-corrected chi connectivity index (χ4v) is 3.29. The third-order valence-electron chi connectivity index (χ3n) is 5.14. The Balaban J connectivity index is 1.71. The van der Waals surface area contributed by atoms with Crippen LogP contribution in [0.1, 0.15) is 50.2 Å². The van der Waals surface area contributed by atoms with E-state index in [4.69, 9.17) is 4.74 Å². The molecule has 5 heteroatoms. The quantitative estimate of drug-likeness (QED) is 0.743. The molecule has 0 aliphatic heterocycles. The standard InChI is InChI=1S/C20H29NO4/c1-3-15-4-6-16(7-5-15)8-9-18(22)21-14-20(24)12-10-17(11-13-20)19(23)25-2/h4-7,17,24H,3,8-14H2,1-2H3,(H,21,22). The van der Waals surface area contributed by atoms with Gasteiger partial charge in [0, 0.05) is 13.0 Å². The summed E-state index contributed by atoms with van der Waals surface area (Å²) in [5.74, 6) is -0.393. The molecule has 0 heterocycles. The number of amides is 1. The van der Waals surface area contributed by atoms with Crippen LogP contribution in [0, 0.1) is 5.92 Å². The van der Waals surface area contributed by atoms with Gasteiger partial charge in [-0.05, 0) is 49.7 Å². The van der Waals surface area contributed by atoms with E-state index < -0.39 is 5.60 Å². The fourth-order valence-electron chi connectivity index (χ4n) is 3.29. The molecule has 0 atom stereocenters. The summed E-state index contributed by atoms with van der Waals surface area (Å²) < 4.78 is 4.75. The number of hydrogen-bond donors (Lipinski definition) is 2. The largest absolute Gasteiger partial charge is 0.469 e. The predicted molar refractivity (Wildman–Crippen MR) is 96.1 cm³/mol. The number of rotatable bonds is 7. The van der Waals surface area contributed by atoms with Gasteiger partial charge in [0.1, 0.15) is 0 Å². The Labute approximate surface area is 149 Å². The number of aliphatic hydroxyl groups is 1. The summed E-state index contributed by atoms with van der Waals surface area (Å²) in [6.07, 6.45) is 4.32. The third kappa shape index (κ3) is 5.85. The van der Waals surface area contributed by atoms with Crippen LogP contribution in [0.3, 0.4) is 0 Å². The van der Waals surface area contributed by atoms with E-state index in [0.29, 0.717) is 38.5 Å². The number of aryl methyl sites for hydroxylation is 2. The van der Waals surface area contributed by atoms with Crippen LogP contribution in [0.5, 0.6) is 0 Å². The maximum Gasteiger partial charge on any atom is 0.308 e. The van der Waals surface area contributed by atoms with Crippen molar-refractivity contribution in [3.05, 3.63) is 35.4 Å². The first-order valence-corrected chi connectivity index (χ1v) is 9.10. The van der Waals surface area contributed by atoms with E-state index in [9.17, 15) is 14.7 Å². The zero-order valence-corrected chi connectivity index (χ0v) is 15.2. The van der Waals surface area contributed by atoms with E-state index in [1.54, 1.807) is 0 Å². The Kier molecular flexibility index (Phi) is 7.00. The molecule has 2 rings (SSSR count). The third-order valence-corrected chi connectivity index (χ3v) is 5.14. The molecule has 1 aliphatic carbocycles. The van der Waals surface area contributed by atoms with Gasteiger partial charge >= 0.3 is 5.97 Å². The highest BCUT2D eigenvalue weighted by molar-refractivity contribution is 5.76. The first-order valence-electron chi connectivity index (χ1n) is 9.10. The van der Waals surface area contributed by atoms with E-state index in [0.717, 1.165) is 12.0 Å². The molecule has 0 unspecified atom stereocenters. The fraction of sp³-hybridized carbons (Fsp3) is 0.600. The van der Waals surface area contributed by atoms with Crippen molar-refractivity contribution in [3.63, 3.8) is 0 Å². The second kappa shape index (κ2) is 8.99. The molecule has 0 bridgehead atoms. The van der Waals surface area contributed by atoms with Crippen LogP contribution in [0.2, 0.25) is 0 Å². The number of nitrogens with one attached hydrogen (secondary N) is 1. The lowest BCUT2D eigenvalue weighted by molar-refractivity contribution is -0.148. The van der Waals surface area contributed by atoms with E-state index in [1.807, 2.05) is 0 Å². The molecule has 2 N–H and O–H groups in total. The minimum Gasteiger partial charge on any atom is -0.469 e. The Morgan fingerprint density at radius 2 is 1.80 bits per heavy atom. The number of carbonyl (C=O) groups is 2. The zero-order chi connectivity index (χ0) is 18.3. The van der Waals surface area contributed by atoms with Crippen LogP contribution in [0.25, 0.3) is 0 Å². The van der Waals surface area contributed by atoms with Gasteiger partial charge in [-0.25, -0.2) is 0 Å². The van der Waals surface area contributed by atoms with Crippen LogP contribution in [-0.2, 0) is 27.2 Å². The molecule has 0 radical (unpaired) electrons. The first kappa shape index (κ1) is 19.4. The van der Waals surface area contributed by atoms with Crippen molar-refractivity contribution >= 4 is 11.9 Å². The molecular formula is C20H29NO4. The summed E-state index contributed by atoms with van der Waals surface area (Å²) in [7, 11) is 1.39. The topological polar surface area (TPSA) is 75.6 Å². The molecule has 25 heavy (non-hydrogen) atoms. The highest BCUT2D eigenvalue weighted by atomic mass is 16.5. The van der Waals surface area contributed by atoms with Crippen LogP contribution in [0.4, 0.5) is 0 Å². The zero-order valence-electron chi connectivity index (χ0n) is 15.2. The van der Waals surface area contributed by atoms with Crippen molar-refractivity contribution in [2.75, 3.05) is 13.7 Å². The lowest BCUT2D eigenvalue weighted by Crippen LogP contribution is -2.46. The lowest BCUT2D eigenvalue weighted by Gasteiger charge is -2.35. The molecule has 1 amide bonds. The summed E-state index contributed by atoms with van der Waals surface area (Å²) in [6.45, 7) is 2.36. The number of hydrogen-bond acceptors (Lipinski definition) is 4. The minimum absolute atomic E-state index is 0.0527. The van der Waals surface area contributed by atoms with Gasteiger partial charge in [-0.3, -0.25) is 9.59 Å². The van der Waals surface area contributed by atoms with Gasteiger partial charge in [-0.2, -0.15) is 0 Å². The predicted octanol–water partition coefficient (Wildman–Crippen LogP) is 2.39. The number of ether oxygens (including phenoxy) is 1. The van der Waals surface area contributed by atoms with Gasteiger partial charge in [0.2, 0.25) is 5.91 Å². The second-order valence-electron chi connectivity index (χ2n) is 6.97. The number of carbonyl (C=O) groups excluding carboxylic acids is 2. The second-order valence-corrected chi connectivity index (χ2v) is 6.97. The van der Waals surface area contributed by atoms with E-state index in [-0.39, 0.29) is 24.3 Å². The van der Waals surface area contributed by atoms with Gasteiger partial charge in [-0.1, -0.05) is 31.2 Å². The average molecular weight is 347 g/mol. The molecule has 5 nitrogen and oxygen atoms in total. The average Bonchev–Trinajstić information content (AvgIpc) is 2.65. The minimum atomic E-state index is -0.914. The highest BCUT2D eigenvalue weighted by Crippen LogP contribution is 2.32. The van der Waals surface area contributed by atoms with Gasteiger partial charge in [-0.15, -0.1) is 0 Å². The van der Waals surface area contributed by atoms with E-state index in [2.05, 4.69) is 36.5 Å². The van der Waals surface area contributed by atoms with Crippen molar-refractivity contribution in [1.29, 1.82) is 0 Å². The van der Waals surface area contributed by atoms with Gasteiger partial charge in [0.25, 0.3) is 0 Å². The Hall–Kier alpha value is -1.88. The summed E-state index contributed by atoms with van der Waals surface area (Å²) in [5.41, 5.74) is 1.52. The summed E-state index contributed by atoms with van der Waals surface area (Å²) in [6, 6.07) is 8.31. The van der Waals surface area contributed by atoms with Crippen molar-refractivity contribution in [3.8, 4) is 0 Å². The molecular weight excluding hydrogens is 318 g/mol. The van der Waals surface area contributed by atoms with Crippen molar-refractivity contribution in [2.45, 2.75) is 57.5 Å². The summed E-state index contributed by atoms with van der Waals surface area (Å²) in [4.78, 5) is 23.6. The molecule has 138 valence electrons. The smallest absolute Gasteiger partial charge is 0.308 e. The van der Waals surface area contributed by atoms with Crippen LogP contribution < -0.4 is 5.32 Å². The van der Waals surface area contributed by atoms with Gasteiger partial charge in [0.15, 0.2) is 0 Å². The monoisotopic (exact) mass is 347 g/mol. The summed E-state index contributed by atoms with van der Waals surface area (Å²) in [5, 5.41) is 13.4. The SMILES string of the molecule is CCc1ccc(CCC(=O)NCC2(O)CCC(C(=O)OC)CC2)cc1. The Morgan fingerprint density at radius 3 is 2.36 bits per heavy atom. The first-order chi connectivity index (χ1) is 12.0. The molecule has 1 saturated carbocycles. The van der Waals surface area contributed by atoms with Crippen LogP contribution >= 0.6 is 0 Å². The molecule has 1 aromatic rings. The highest BCUT2D eigenvalue weighted by Gasteiger charge is 2.36. The van der Waals surface area contributed by atoms with Crippen molar-refractivity contribution < 1.29 is 19.4 Å². The summed E-state index contributed by atoms with van der Waals surface area (Å²) >= 11 is 0. The number of benzene rings is 1. The Bertz CT molecular complexity index is 574. The van der Waals surface area contributed by atoms with Gasteiger partial charge in [0.05, 0.1) is 18.6 Å². The van der Waals surface area contributed by atoms with Crippen LogP contribution in [-0.4, -0.2) is 36.2 Å². The molecule has 0 aromatic heterocycles. The number of methoxy groups -OCH3 is 1. The normalized spacial score (nSPS) is 23.1. The lowest BCUT2D eigenvalue weighted by atomic mass is 9.79.